The molecule has 3 rings (SSSR count). The highest BCUT2D eigenvalue weighted by Crippen LogP contribution is 2.41. The van der Waals surface area contributed by atoms with Crippen molar-refractivity contribution in [3.63, 3.8) is 0 Å². The molecule has 0 amide bonds. The Kier molecular flexibility index (Phi) is 2.29. The van der Waals surface area contributed by atoms with E-state index in [1.807, 2.05) is 6.07 Å². The molecule has 6 heteroatoms. The predicted molar refractivity (Wildman–Crippen MR) is 61.8 cm³/mol. The second-order valence-corrected chi connectivity index (χ2v) is 4.50. The molecule has 1 aliphatic rings. The number of carboxylic acids is 1. The molecule has 0 bridgehead atoms. The lowest BCUT2D eigenvalue weighted by Gasteiger charge is -2.24. The minimum Gasteiger partial charge on any atom is -0.477 e. The molecule has 1 unspecified atom stereocenters. The predicted octanol–water partition coefficient (Wildman–Crippen LogP) is 2.58. The van der Waals surface area contributed by atoms with E-state index in [-0.39, 0.29) is 11.0 Å². The van der Waals surface area contributed by atoms with Crippen LogP contribution in [0.25, 0.3) is 0 Å². The molecule has 88 valence electrons. The van der Waals surface area contributed by atoms with Crippen LogP contribution in [0.3, 0.4) is 0 Å². The number of ether oxygens (including phenoxy) is 1. The molecule has 0 aliphatic carbocycles. The van der Waals surface area contributed by atoms with Gasteiger partial charge in [-0.25, -0.2) is 4.79 Å². The van der Waals surface area contributed by atoms with Gasteiger partial charge in [-0.2, -0.15) is 0 Å². The minimum absolute atomic E-state index is 0.212. The van der Waals surface area contributed by atoms with Crippen LogP contribution >= 0.6 is 11.3 Å². The highest BCUT2D eigenvalue weighted by molar-refractivity contribution is 7.13. The van der Waals surface area contributed by atoms with Gasteiger partial charge in [0.1, 0.15) is 5.76 Å². The number of hydrogen-bond acceptors (Lipinski definition) is 5. The summed E-state index contributed by atoms with van der Waals surface area (Å²) < 4.78 is 10.9. The maximum Gasteiger partial charge on any atom is 0.349 e. The van der Waals surface area contributed by atoms with Gasteiger partial charge in [0.05, 0.1) is 18.5 Å². The van der Waals surface area contributed by atoms with Crippen LogP contribution in [-0.2, 0) is 0 Å². The number of hydrogen-bond donors (Lipinski definition) is 2. The van der Waals surface area contributed by atoms with Crippen molar-refractivity contribution in [1.82, 2.24) is 0 Å². The number of nitrogens with one attached hydrogen (secondary N) is 1. The van der Waals surface area contributed by atoms with Crippen molar-refractivity contribution in [2.45, 2.75) is 6.10 Å². The Hall–Kier alpha value is -1.95. The Morgan fingerprint density at radius 3 is 3.18 bits per heavy atom. The van der Waals surface area contributed by atoms with Crippen molar-refractivity contribution in [2.24, 2.45) is 0 Å². The van der Waals surface area contributed by atoms with Gasteiger partial charge in [-0.3, -0.25) is 0 Å². The normalized spacial score (nSPS) is 18.0. The van der Waals surface area contributed by atoms with Crippen molar-refractivity contribution in [3.8, 4) is 5.75 Å². The molecule has 0 spiro atoms. The second-order valence-electron chi connectivity index (χ2n) is 3.62. The maximum atomic E-state index is 11.0. The molecular weight excluding hydrogens is 242 g/mol. The summed E-state index contributed by atoms with van der Waals surface area (Å²) in [5.41, 5.74) is 0.732. The molecule has 2 aromatic rings. The van der Waals surface area contributed by atoms with Crippen molar-refractivity contribution >= 4 is 23.0 Å². The number of fused-ring (bicyclic) bond motifs is 1. The Morgan fingerprint density at radius 2 is 2.47 bits per heavy atom. The van der Waals surface area contributed by atoms with Crippen LogP contribution in [-0.4, -0.2) is 17.6 Å². The average molecular weight is 251 g/mol. The van der Waals surface area contributed by atoms with Crippen molar-refractivity contribution in [1.29, 1.82) is 0 Å². The summed E-state index contributed by atoms with van der Waals surface area (Å²) >= 11 is 1.16. The van der Waals surface area contributed by atoms with Crippen LogP contribution in [0.4, 0.5) is 5.69 Å². The Morgan fingerprint density at radius 1 is 1.59 bits per heavy atom. The summed E-state index contributed by atoms with van der Waals surface area (Å²) in [7, 11) is 0. The standard InChI is InChI=1S/C11H9NO4S/c13-11(14)10-9-6(5-17-10)12-4-8(16-9)7-2-1-3-15-7/h1-3,5,8,12H,4H2,(H,13,14). The fourth-order valence-electron chi connectivity index (χ4n) is 1.75. The van der Waals surface area contributed by atoms with Crippen LogP contribution in [0.15, 0.2) is 28.2 Å². The van der Waals surface area contributed by atoms with Gasteiger partial charge in [0, 0.05) is 5.38 Å². The summed E-state index contributed by atoms with van der Waals surface area (Å²) in [6.45, 7) is 0.566. The first-order valence-electron chi connectivity index (χ1n) is 5.04. The zero-order valence-corrected chi connectivity index (χ0v) is 9.49. The zero-order chi connectivity index (χ0) is 11.8. The lowest BCUT2D eigenvalue weighted by atomic mass is 10.2. The molecule has 0 radical (unpaired) electrons. The van der Waals surface area contributed by atoms with Gasteiger partial charge in [0.2, 0.25) is 0 Å². The summed E-state index contributed by atoms with van der Waals surface area (Å²) in [6, 6.07) is 3.59. The van der Waals surface area contributed by atoms with Gasteiger partial charge >= 0.3 is 5.97 Å². The number of carboxylic acid groups (broad SMARTS) is 1. The lowest BCUT2D eigenvalue weighted by molar-refractivity contribution is 0.0693. The molecule has 1 atom stereocenters. The zero-order valence-electron chi connectivity index (χ0n) is 8.67. The molecule has 2 aromatic heterocycles. The number of anilines is 1. The number of carbonyl (C=O) groups is 1. The van der Waals surface area contributed by atoms with Crippen molar-refractivity contribution < 1.29 is 19.1 Å². The summed E-state index contributed by atoms with van der Waals surface area (Å²) in [5.74, 6) is 0.110. The molecule has 0 aromatic carbocycles. The van der Waals surface area contributed by atoms with E-state index in [0.29, 0.717) is 18.1 Å². The number of furan rings is 1. The SMILES string of the molecule is O=C(O)c1scc2c1OC(c1ccco1)CN2. The van der Waals surface area contributed by atoms with E-state index < -0.39 is 5.97 Å². The van der Waals surface area contributed by atoms with Gasteiger partial charge in [-0.1, -0.05) is 0 Å². The fraction of sp³-hybridized carbons (Fsp3) is 0.182. The molecule has 0 saturated carbocycles. The highest BCUT2D eigenvalue weighted by atomic mass is 32.1. The average Bonchev–Trinajstić information content (AvgIpc) is 2.97. The van der Waals surface area contributed by atoms with E-state index in [1.54, 1.807) is 17.7 Å². The highest BCUT2D eigenvalue weighted by Gasteiger charge is 2.28. The summed E-state index contributed by atoms with van der Waals surface area (Å²) in [6.07, 6.45) is 1.28. The first-order chi connectivity index (χ1) is 8.25. The Bertz CT molecular complexity index is 546. The smallest absolute Gasteiger partial charge is 0.349 e. The monoisotopic (exact) mass is 251 g/mol. The largest absolute Gasteiger partial charge is 0.477 e. The van der Waals surface area contributed by atoms with Crippen LogP contribution in [0, 0.1) is 0 Å². The third-order valence-corrected chi connectivity index (χ3v) is 3.49. The Labute approximate surface area is 101 Å². The van der Waals surface area contributed by atoms with E-state index >= 15 is 0 Å². The number of thiophene rings is 1. The molecule has 3 heterocycles. The van der Waals surface area contributed by atoms with Crippen molar-refractivity contribution in [2.75, 3.05) is 11.9 Å². The summed E-state index contributed by atoms with van der Waals surface area (Å²) in [5, 5.41) is 13.9. The van der Waals surface area contributed by atoms with E-state index in [4.69, 9.17) is 14.3 Å². The minimum atomic E-state index is -0.974. The van der Waals surface area contributed by atoms with Crippen molar-refractivity contribution in [3.05, 3.63) is 34.4 Å². The third-order valence-electron chi connectivity index (χ3n) is 2.54. The van der Waals surface area contributed by atoms with E-state index in [9.17, 15) is 4.79 Å². The van der Waals surface area contributed by atoms with Crippen LogP contribution in [0.5, 0.6) is 5.75 Å². The maximum absolute atomic E-state index is 11.0. The Balaban J connectivity index is 1.94. The first kappa shape index (κ1) is 10.2. The molecule has 0 saturated heterocycles. The van der Waals surface area contributed by atoms with E-state index in [0.717, 1.165) is 17.0 Å². The van der Waals surface area contributed by atoms with Gasteiger partial charge in [-0.15, -0.1) is 11.3 Å². The van der Waals surface area contributed by atoms with E-state index in [1.165, 1.54) is 0 Å². The van der Waals surface area contributed by atoms with Gasteiger partial charge in [-0.05, 0) is 12.1 Å². The molecule has 2 N–H and O–H groups in total. The molecule has 1 aliphatic heterocycles. The molecule has 17 heavy (non-hydrogen) atoms. The fourth-order valence-corrected chi connectivity index (χ4v) is 2.55. The van der Waals surface area contributed by atoms with Gasteiger partial charge in [0.15, 0.2) is 16.7 Å². The first-order valence-corrected chi connectivity index (χ1v) is 5.92. The van der Waals surface area contributed by atoms with Gasteiger partial charge < -0.3 is 19.6 Å². The van der Waals surface area contributed by atoms with Gasteiger partial charge in [0.25, 0.3) is 0 Å². The molecular formula is C11H9NO4S. The van der Waals surface area contributed by atoms with E-state index in [2.05, 4.69) is 5.32 Å². The lowest BCUT2D eigenvalue weighted by Crippen LogP contribution is -2.23. The quantitative estimate of drug-likeness (QED) is 0.858. The second kappa shape index (κ2) is 3.81. The van der Waals surface area contributed by atoms with Crippen LogP contribution < -0.4 is 10.1 Å². The van der Waals surface area contributed by atoms with Crippen LogP contribution in [0.2, 0.25) is 0 Å². The number of rotatable bonds is 2. The summed E-state index contributed by atoms with van der Waals surface area (Å²) in [4.78, 5) is 11.2. The number of aromatic carboxylic acids is 1. The third kappa shape index (κ3) is 1.66. The molecule has 0 fully saturated rings. The topological polar surface area (TPSA) is 71.7 Å². The van der Waals surface area contributed by atoms with Crippen LogP contribution in [0.1, 0.15) is 21.5 Å². The molecule has 5 nitrogen and oxygen atoms in total.